The van der Waals surface area contributed by atoms with Crippen LogP contribution in [0, 0.1) is 17.6 Å². The van der Waals surface area contributed by atoms with Gasteiger partial charge < -0.3 is 10.5 Å². The van der Waals surface area contributed by atoms with Gasteiger partial charge in [0.1, 0.15) is 17.7 Å². The molecule has 5 heteroatoms. The Hall–Kier alpha value is -1.49. The third kappa shape index (κ3) is 13.8. The van der Waals surface area contributed by atoms with E-state index in [9.17, 15) is 13.6 Å². The minimum absolute atomic E-state index is 0.0625. The van der Waals surface area contributed by atoms with Crippen LogP contribution >= 0.6 is 0 Å². The SMILES string of the molecule is CCCCCCCCC(CCCCCCCC)COC(=O)[C@@H](N)Cc1cc(F)cc(F)c1. The van der Waals surface area contributed by atoms with Gasteiger partial charge in [-0.15, -0.1) is 0 Å². The lowest BCUT2D eigenvalue weighted by Crippen LogP contribution is -2.35. The van der Waals surface area contributed by atoms with Gasteiger partial charge in [-0.05, 0) is 42.9 Å². The van der Waals surface area contributed by atoms with E-state index in [2.05, 4.69) is 13.8 Å². The van der Waals surface area contributed by atoms with Gasteiger partial charge in [0, 0.05) is 6.07 Å². The molecule has 32 heavy (non-hydrogen) atoms. The first-order chi connectivity index (χ1) is 15.5. The summed E-state index contributed by atoms with van der Waals surface area (Å²) >= 11 is 0. The van der Waals surface area contributed by atoms with E-state index in [1.807, 2.05) is 0 Å². The maximum atomic E-state index is 13.4. The van der Waals surface area contributed by atoms with Gasteiger partial charge in [-0.2, -0.15) is 0 Å². The van der Waals surface area contributed by atoms with Crippen molar-refractivity contribution in [3.63, 3.8) is 0 Å². The second kappa shape index (κ2) is 18.0. The number of hydrogen-bond donors (Lipinski definition) is 1. The van der Waals surface area contributed by atoms with Crippen molar-refractivity contribution < 1.29 is 18.3 Å². The molecule has 1 aromatic carbocycles. The third-order valence-corrected chi connectivity index (χ3v) is 6.07. The molecule has 0 radical (unpaired) electrons. The quantitative estimate of drug-likeness (QED) is 0.174. The summed E-state index contributed by atoms with van der Waals surface area (Å²) in [5.41, 5.74) is 6.32. The molecule has 1 aromatic rings. The van der Waals surface area contributed by atoms with Crippen LogP contribution in [0.2, 0.25) is 0 Å². The second-order valence-electron chi connectivity index (χ2n) is 9.20. The minimum Gasteiger partial charge on any atom is -0.464 e. The largest absolute Gasteiger partial charge is 0.464 e. The third-order valence-electron chi connectivity index (χ3n) is 6.07. The number of halogens is 2. The highest BCUT2D eigenvalue weighted by Crippen LogP contribution is 2.20. The molecule has 0 spiro atoms. The summed E-state index contributed by atoms with van der Waals surface area (Å²) in [4.78, 5) is 12.4. The monoisotopic (exact) mass is 453 g/mol. The van der Waals surface area contributed by atoms with Crippen LogP contribution in [0.15, 0.2) is 18.2 Å². The topological polar surface area (TPSA) is 52.3 Å². The van der Waals surface area contributed by atoms with Crippen molar-refractivity contribution in [1.29, 1.82) is 0 Å². The van der Waals surface area contributed by atoms with Gasteiger partial charge in [0.05, 0.1) is 6.61 Å². The normalized spacial score (nSPS) is 12.3. The number of benzene rings is 1. The number of nitrogens with two attached hydrogens (primary N) is 1. The molecule has 0 heterocycles. The number of rotatable bonds is 19. The average Bonchev–Trinajstić information content (AvgIpc) is 2.75. The number of hydrogen-bond acceptors (Lipinski definition) is 3. The maximum absolute atomic E-state index is 13.4. The van der Waals surface area contributed by atoms with E-state index in [1.54, 1.807) is 0 Å². The second-order valence-corrected chi connectivity index (χ2v) is 9.20. The molecule has 184 valence electrons. The Morgan fingerprint density at radius 3 is 1.78 bits per heavy atom. The van der Waals surface area contributed by atoms with Crippen molar-refractivity contribution in [2.24, 2.45) is 11.7 Å². The highest BCUT2D eigenvalue weighted by atomic mass is 19.1. The molecule has 0 aliphatic rings. The molecular weight excluding hydrogens is 408 g/mol. The van der Waals surface area contributed by atoms with Crippen LogP contribution in [-0.2, 0) is 16.0 Å². The molecule has 0 aromatic heterocycles. The smallest absolute Gasteiger partial charge is 0.323 e. The predicted molar refractivity (Wildman–Crippen MR) is 128 cm³/mol. The molecule has 0 fully saturated rings. The van der Waals surface area contributed by atoms with Gasteiger partial charge in [-0.3, -0.25) is 4.79 Å². The Bertz CT molecular complexity index is 587. The van der Waals surface area contributed by atoms with Crippen LogP contribution in [0.25, 0.3) is 0 Å². The zero-order valence-electron chi connectivity index (χ0n) is 20.4. The van der Waals surface area contributed by atoms with Crippen LogP contribution in [0.3, 0.4) is 0 Å². The van der Waals surface area contributed by atoms with Crippen molar-refractivity contribution in [3.8, 4) is 0 Å². The van der Waals surface area contributed by atoms with Crippen molar-refractivity contribution in [3.05, 3.63) is 35.4 Å². The van der Waals surface area contributed by atoms with E-state index in [4.69, 9.17) is 10.5 Å². The summed E-state index contributed by atoms with van der Waals surface area (Å²) in [6, 6.07) is 2.30. The van der Waals surface area contributed by atoms with Crippen molar-refractivity contribution in [2.75, 3.05) is 6.61 Å². The van der Waals surface area contributed by atoms with E-state index in [-0.39, 0.29) is 6.42 Å². The average molecular weight is 454 g/mol. The first-order valence-corrected chi connectivity index (χ1v) is 12.8. The van der Waals surface area contributed by atoms with Gasteiger partial charge in [-0.25, -0.2) is 8.78 Å². The zero-order chi connectivity index (χ0) is 23.6. The molecule has 1 rings (SSSR count). The minimum atomic E-state index is -0.917. The fourth-order valence-corrected chi connectivity index (χ4v) is 4.11. The standard InChI is InChI=1S/C27H45F2NO2/c1-3-5-7-9-11-13-15-22(16-14-12-10-8-6-4-2)21-32-27(31)26(30)19-23-17-24(28)20-25(29)18-23/h17-18,20,22,26H,3-16,19,21,30H2,1-2H3/t26-/m0/s1. The summed E-state index contributed by atoms with van der Waals surface area (Å²) in [5.74, 6) is -1.47. The highest BCUT2D eigenvalue weighted by molar-refractivity contribution is 5.75. The zero-order valence-corrected chi connectivity index (χ0v) is 20.4. The highest BCUT2D eigenvalue weighted by Gasteiger charge is 2.19. The lowest BCUT2D eigenvalue weighted by Gasteiger charge is -2.19. The number of unbranched alkanes of at least 4 members (excludes halogenated alkanes) is 10. The maximum Gasteiger partial charge on any atom is 0.323 e. The van der Waals surface area contributed by atoms with Gasteiger partial charge >= 0.3 is 5.97 Å². The first-order valence-electron chi connectivity index (χ1n) is 12.8. The summed E-state index contributed by atoms with van der Waals surface area (Å²) in [7, 11) is 0. The van der Waals surface area contributed by atoms with Crippen LogP contribution in [0.4, 0.5) is 8.78 Å². The number of ether oxygens (including phenoxy) is 1. The summed E-state index contributed by atoms with van der Waals surface area (Å²) < 4.78 is 32.3. The van der Waals surface area contributed by atoms with E-state index < -0.39 is 23.6 Å². The Morgan fingerprint density at radius 1 is 0.812 bits per heavy atom. The van der Waals surface area contributed by atoms with E-state index in [0.717, 1.165) is 31.7 Å². The molecule has 0 amide bonds. The summed E-state index contributed by atoms with van der Waals surface area (Å²) in [6.45, 7) is 4.83. The lowest BCUT2D eigenvalue weighted by molar-refractivity contribution is -0.146. The summed E-state index contributed by atoms with van der Waals surface area (Å²) in [6.07, 6.45) is 17.2. The number of carbonyl (C=O) groups excluding carboxylic acids is 1. The van der Waals surface area contributed by atoms with Gasteiger partial charge in [0.15, 0.2) is 0 Å². The molecular formula is C27H45F2NO2. The van der Waals surface area contributed by atoms with E-state index in [1.165, 1.54) is 76.3 Å². The molecule has 0 unspecified atom stereocenters. The van der Waals surface area contributed by atoms with E-state index in [0.29, 0.717) is 18.1 Å². The first kappa shape index (κ1) is 28.5. The van der Waals surface area contributed by atoms with Crippen LogP contribution in [0.1, 0.15) is 109 Å². The van der Waals surface area contributed by atoms with Crippen molar-refractivity contribution in [2.45, 2.75) is 116 Å². The van der Waals surface area contributed by atoms with Gasteiger partial charge in [0.25, 0.3) is 0 Å². The Labute approximate surface area is 194 Å². The van der Waals surface area contributed by atoms with E-state index >= 15 is 0 Å². The molecule has 0 aliphatic carbocycles. The van der Waals surface area contributed by atoms with Gasteiger partial charge in [-0.1, -0.05) is 90.9 Å². The summed E-state index contributed by atoms with van der Waals surface area (Å²) in [5, 5.41) is 0. The van der Waals surface area contributed by atoms with Crippen molar-refractivity contribution >= 4 is 5.97 Å². The Kier molecular flexibility index (Phi) is 16.1. The van der Waals surface area contributed by atoms with Crippen LogP contribution in [-0.4, -0.2) is 18.6 Å². The molecule has 1 atom stereocenters. The molecule has 0 bridgehead atoms. The fourth-order valence-electron chi connectivity index (χ4n) is 4.11. The Morgan fingerprint density at radius 2 is 1.28 bits per heavy atom. The predicted octanol–water partition coefficient (Wildman–Crippen LogP) is 7.50. The Balaban J connectivity index is 2.43. The number of esters is 1. The molecule has 3 nitrogen and oxygen atoms in total. The fraction of sp³-hybridized carbons (Fsp3) is 0.741. The van der Waals surface area contributed by atoms with Crippen molar-refractivity contribution in [1.82, 2.24) is 0 Å². The molecule has 0 saturated heterocycles. The van der Waals surface area contributed by atoms with Gasteiger partial charge in [0.2, 0.25) is 0 Å². The number of carbonyl (C=O) groups is 1. The molecule has 0 aliphatic heterocycles. The molecule has 0 saturated carbocycles. The lowest BCUT2D eigenvalue weighted by atomic mass is 9.94. The van der Waals surface area contributed by atoms with Crippen LogP contribution in [0.5, 0.6) is 0 Å². The van der Waals surface area contributed by atoms with Crippen LogP contribution < -0.4 is 5.73 Å². The molecule has 2 N–H and O–H groups in total.